The summed E-state index contributed by atoms with van der Waals surface area (Å²) in [5.41, 5.74) is 12.9. The summed E-state index contributed by atoms with van der Waals surface area (Å²) in [7, 11) is 1.59. The van der Waals surface area contributed by atoms with Crippen LogP contribution in [0.5, 0.6) is 0 Å². The summed E-state index contributed by atoms with van der Waals surface area (Å²) in [5.74, 6) is 0. The summed E-state index contributed by atoms with van der Waals surface area (Å²) in [6.45, 7) is 4.34. The van der Waals surface area contributed by atoms with Crippen LogP contribution in [0.15, 0.2) is 47.2 Å². The Kier molecular flexibility index (Phi) is 8.42. The normalized spacial score (nSPS) is 11.7. The zero-order chi connectivity index (χ0) is 13.1. The van der Waals surface area contributed by atoms with Gasteiger partial charge in [-0.2, -0.15) is 0 Å². The number of nitrogens with zero attached hydrogens (tertiary/aromatic N) is 1. The molecule has 0 saturated heterocycles. The van der Waals surface area contributed by atoms with Crippen molar-refractivity contribution in [2.45, 2.75) is 13.8 Å². The third-order valence-corrected chi connectivity index (χ3v) is 1.81. The van der Waals surface area contributed by atoms with Crippen LogP contribution in [-0.4, -0.2) is 19.4 Å². The SMILES string of the molecule is CC.COCC(=Nc1ccccc1)/C(N)=C\N. The predicted molar refractivity (Wildman–Crippen MR) is 73.2 cm³/mol. The molecule has 0 aliphatic heterocycles. The monoisotopic (exact) mass is 235 g/mol. The molecule has 0 atom stereocenters. The zero-order valence-corrected chi connectivity index (χ0v) is 10.7. The van der Waals surface area contributed by atoms with Gasteiger partial charge in [0.1, 0.15) is 0 Å². The smallest absolute Gasteiger partial charge is 0.0911 e. The molecule has 0 unspecified atom stereocenters. The number of methoxy groups -OCH3 is 1. The van der Waals surface area contributed by atoms with Crippen molar-refractivity contribution in [1.29, 1.82) is 0 Å². The van der Waals surface area contributed by atoms with Crippen LogP contribution in [0.1, 0.15) is 13.8 Å². The number of nitrogens with two attached hydrogens (primary N) is 2. The van der Waals surface area contributed by atoms with Crippen LogP contribution in [0.2, 0.25) is 0 Å². The molecule has 4 N–H and O–H groups in total. The Morgan fingerprint density at radius 1 is 1.29 bits per heavy atom. The van der Waals surface area contributed by atoms with Crippen LogP contribution in [-0.2, 0) is 4.74 Å². The Bertz CT molecular complexity index is 358. The molecule has 0 bridgehead atoms. The molecule has 1 rings (SSSR count). The van der Waals surface area contributed by atoms with Gasteiger partial charge in [-0.1, -0.05) is 32.0 Å². The van der Waals surface area contributed by atoms with E-state index in [9.17, 15) is 0 Å². The first-order valence-corrected chi connectivity index (χ1v) is 5.57. The van der Waals surface area contributed by atoms with Crippen LogP contribution in [0.25, 0.3) is 0 Å². The minimum atomic E-state index is 0.342. The molecule has 0 fully saturated rings. The fourth-order valence-corrected chi connectivity index (χ4v) is 1.07. The molecule has 0 saturated carbocycles. The molecule has 1 aromatic carbocycles. The number of aliphatic imine (C=N–C) groups is 1. The Balaban J connectivity index is 0.00000121. The van der Waals surface area contributed by atoms with E-state index in [0.717, 1.165) is 5.69 Å². The third-order valence-electron chi connectivity index (χ3n) is 1.81. The van der Waals surface area contributed by atoms with Crippen LogP contribution in [0.4, 0.5) is 5.69 Å². The van der Waals surface area contributed by atoms with E-state index in [1.807, 2.05) is 44.2 Å². The number of rotatable bonds is 4. The van der Waals surface area contributed by atoms with Gasteiger partial charge in [0, 0.05) is 13.3 Å². The van der Waals surface area contributed by atoms with E-state index in [0.29, 0.717) is 18.0 Å². The quantitative estimate of drug-likeness (QED) is 0.786. The number of ether oxygens (including phenoxy) is 1. The minimum absolute atomic E-state index is 0.342. The molecule has 0 radical (unpaired) electrons. The lowest BCUT2D eigenvalue weighted by molar-refractivity contribution is 0.245. The van der Waals surface area contributed by atoms with Crippen LogP contribution in [0, 0.1) is 0 Å². The van der Waals surface area contributed by atoms with Gasteiger partial charge >= 0.3 is 0 Å². The second-order valence-electron chi connectivity index (χ2n) is 2.95. The second-order valence-corrected chi connectivity index (χ2v) is 2.95. The molecule has 0 heterocycles. The van der Waals surface area contributed by atoms with Gasteiger partial charge < -0.3 is 16.2 Å². The van der Waals surface area contributed by atoms with Crippen molar-refractivity contribution in [3.8, 4) is 0 Å². The minimum Gasteiger partial charge on any atom is -0.403 e. The summed E-state index contributed by atoms with van der Waals surface area (Å²) in [6, 6.07) is 9.52. The average Bonchev–Trinajstić information content (AvgIpc) is 2.41. The third kappa shape index (κ3) is 5.73. The Morgan fingerprint density at radius 2 is 1.88 bits per heavy atom. The maximum absolute atomic E-state index is 5.68. The molecule has 0 amide bonds. The van der Waals surface area contributed by atoms with Gasteiger partial charge in [0.25, 0.3) is 0 Å². The number of benzene rings is 1. The van der Waals surface area contributed by atoms with Gasteiger partial charge in [-0.25, -0.2) is 4.99 Å². The summed E-state index contributed by atoms with van der Waals surface area (Å²) in [6.07, 6.45) is 1.32. The van der Waals surface area contributed by atoms with Gasteiger partial charge in [0.05, 0.1) is 23.7 Å². The van der Waals surface area contributed by atoms with Crippen molar-refractivity contribution in [1.82, 2.24) is 0 Å². The molecule has 0 aromatic heterocycles. The highest BCUT2D eigenvalue weighted by Gasteiger charge is 2.02. The maximum atomic E-state index is 5.68. The number of hydrogen-bond acceptors (Lipinski definition) is 4. The van der Waals surface area contributed by atoms with E-state index in [-0.39, 0.29) is 0 Å². The number of hydrogen-bond donors (Lipinski definition) is 2. The van der Waals surface area contributed by atoms with Gasteiger partial charge in [-0.15, -0.1) is 0 Å². The molecular formula is C13H21N3O. The standard InChI is InChI=1S/C11H15N3O.C2H6/c1-15-8-11(10(13)7-12)14-9-5-3-2-4-6-9;1-2/h2-7H,8,12-13H2,1H3;1-2H3/b10-7+,14-11?;. The molecule has 4 nitrogen and oxygen atoms in total. The molecule has 94 valence electrons. The zero-order valence-electron chi connectivity index (χ0n) is 10.7. The fourth-order valence-electron chi connectivity index (χ4n) is 1.07. The molecule has 0 spiro atoms. The fraction of sp³-hybridized carbons (Fsp3) is 0.308. The Morgan fingerprint density at radius 3 is 2.35 bits per heavy atom. The summed E-state index contributed by atoms with van der Waals surface area (Å²) in [5, 5.41) is 0. The van der Waals surface area contributed by atoms with Gasteiger partial charge in [-0.05, 0) is 12.1 Å². The van der Waals surface area contributed by atoms with Crippen LogP contribution in [0.3, 0.4) is 0 Å². The van der Waals surface area contributed by atoms with E-state index >= 15 is 0 Å². The van der Waals surface area contributed by atoms with E-state index in [1.165, 1.54) is 6.20 Å². The van der Waals surface area contributed by atoms with Gasteiger partial charge in [0.15, 0.2) is 0 Å². The lowest BCUT2D eigenvalue weighted by Crippen LogP contribution is -2.18. The molecule has 0 aliphatic rings. The van der Waals surface area contributed by atoms with Crippen molar-refractivity contribution in [2.75, 3.05) is 13.7 Å². The molecule has 17 heavy (non-hydrogen) atoms. The number of para-hydroxylation sites is 1. The summed E-state index contributed by atoms with van der Waals surface area (Å²) in [4.78, 5) is 4.34. The van der Waals surface area contributed by atoms with E-state index in [1.54, 1.807) is 7.11 Å². The largest absolute Gasteiger partial charge is 0.403 e. The van der Waals surface area contributed by atoms with E-state index < -0.39 is 0 Å². The van der Waals surface area contributed by atoms with Gasteiger partial charge in [0.2, 0.25) is 0 Å². The first kappa shape index (κ1) is 15.2. The lowest BCUT2D eigenvalue weighted by Gasteiger charge is -2.05. The van der Waals surface area contributed by atoms with E-state index in [2.05, 4.69) is 4.99 Å². The summed E-state index contributed by atoms with van der Waals surface area (Å²) >= 11 is 0. The highest BCUT2D eigenvalue weighted by Crippen LogP contribution is 2.11. The Hall–Kier alpha value is -1.81. The predicted octanol–water partition coefficient (Wildman–Crippen LogP) is 2.19. The molecule has 1 aromatic rings. The highest BCUT2D eigenvalue weighted by atomic mass is 16.5. The average molecular weight is 235 g/mol. The van der Waals surface area contributed by atoms with Crippen molar-refractivity contribution in [3.63, 3.8) is 0 Å². The molecule has 0 aliphatic carbocycles. The Labute approximate surface area is 103 Å². The first-order chi connectivity index (χ1) is 8.27. The molecular weight excluding hydrogens is 214 g/mol. The topological polar surface area (TPSA) is 73.6 Å². The van der Waals surface area contributed by atoms with Crippen LogP contribution < -0.4 is 11.5 Å². The van der Waals surface area contributed by atoms with Crippen molar-refractivity contribution < 1.29 is 4.74 Å². The van der Waals surface area contributed by atoms with Crippen molar-refractivity contribution in [3.05, 3.63) is 42.2 Å². The highest BCUT2D eigenvalue weighted by molar-refractivity contribution is 6.01. The second kappa shape index (κ2) is 9.42. The van der Waals surface area contributed by atoms with Crippen molar-refractivity contribution in [2.24, 2.45) is 16.5 Å². The molecule has 4 heteroatoms. The maximum Gasteiger partial charge on any atom is 0.0911 e. The van der Waals surface area contributed by atoms with Crippen LogP contribution >= 0.6 is 0 Å². The lowest BCUT2D eigenvalue weighted by atomic mass is 10.3. The van der Waals surface area contributed by atoms with Gasteiger partial charge in [-0.3, -0.25) is 0 Å². The van der Waals surface area contributed by atoms with E-state index in [4.69, 9.17) is 16.2 Å². The van der Waals surface area contributed by atoms with Crippen molar-refractivity contribution >= 4 is 11.4 Å². The first-order valence-electron chi connectivity index (χ1n) is 5.57. The summed E-state index contributed by atoms with van der Waals surface area (Å²) < 4.78 is 4.99.